The lowest BCUT2D eigenvalue weighted by atomic mass is 10.1. The van der Waals surface area contributed by atoms with Gasteiger partial charge in [-0.1, -0.05) is 12.1 Å². The largest absolute Gasteiger partial charge is 0.456 e. The molecule has 10 heteroatoms. The fourth-order valence-electron chi connectivity index (χ4n) is 3.09. The number of para-hydroxylation sites is 1. The van der Waals surface area contributed by atoms with E-state index in [1.807, 2.05) is 30.3 Å². The van der Waals surface area contributed by atoms with Gasteiger partial charge in [-0.15, -0.1) is 0 Å². The fraction of sp³-hybridized carbons (Fsp3) is 0.130. The van der Waals surface area contributed by atoms with Crippen molar-refractivity contribution in [1.29, 1.82) is 0 Å². The quantitative estimate of drug-likeness (QED) is 0.344. The summed E-state index contributed by atoms with van der Waals surface area (Å²) in [4.78, 5) is 33.1. The Bertz CT molecular complexity index is 1290. The lowest BCUT2D eigenvalue weighted by Gasteiger charge is -2.19. The summed E-state index contributed by atoms with van der Waals surface area (Å²) in [6.07, 6.45) is 4.59. The number of rotatable bonds is 7. The zero-order chi connectivity index (χ0) is 23.4. The van der Waals surface area contributed by atoms with Crippen molar-refractivity contribution in [2.45, 2.75) is 6.92 Å². The van der Waals surface area contributed by atoms with Gasteiger partial charge in [0.05, 0.1) is 18.1 Å². The molecule has 0 spiro atoms. The predicted octanol–water partition coefficient (Wildman–Crippen LogP) is 5.03. The van der Waals surface area contributed by atoms with Gasteiger partial charge in [0.2, 0.25) is 0 Å². The minimum Gasteiger partial charge on any atom is -0.456 e. The summed E-state index contributed by atoms with van der Waals surface area (Å²) in [6.45, 7) is 0.910. The second-order valence-electron chi connectivity index (χ2n) is 6.97. The molecule has 1 N–H and O–H groups in total. The van der Waals surface area contributed by atoms with E-state index in [0.717, 1.165) is 15.7 Å². The number of carbonyl (C=O) groups excluding carboxylic acids is 2. The van der Waals surface area contributed by atoms with Crippen LogP contribution in [0.5, 0.6) is 0 Å². The van der Waals surface area contributed by atoms with Crippen LogP contribution >= 0.6 is 15.9 Å². The Morgan fingerprint density at radius 3 is 2.67 bits per heavy atom. The van der Waals surface area contributed by atoms with Crippen molar-refractivity contribution in [1.82, 2.24) is 9.97 Å². The molecular formula is C23H19BrN4O5. The molecule has 0 atom stereocenters. The molecule has 168 valence electrons. The highest BCUT2D eigenvalue weighted by Crippen LogP contribution is 2.34. The Balaban J connectivity index is 1.53. The highest BCUT2D eigenvalue weighted by atomic mass is 79.9. The second-order valence-corrected chi connectivity index (χ2v) is 7.82. The highest BCUT2D eigenvalue weighted by molar-refractivity contribution is 9.10. The summed E-state index contributed by atoms with van der Waals surface area (Å²) in [5, 5.41) is 3.12. The minimum atomic E-state index is -0.517. The first-order chi connectivity index (χ1) is 15.9. The van der Waals surface area contributed by atoms with E-state index in [4.69, 9.17) is 13.6 Å². The van der Waals surface area contributed by atoms with Crippen LogP contribution in [0.1, 0.15) is 6.92 Å². The maximum Gasteiger partial charge on any atom is 0.303 e. The first-order valence-corrected chi connectivity index (χ1v) is 10.6. The van der Waals surface area contributed by atoms with Crippen LogP contribution in [0.4, 0.5) is 17.4 Å². The van der Waals surface area contributed by atoms with E-state index < -0.39 is 5.97 Å². The SMILES string of the molecule is CC(=O)OCC(=O)N(C)c1ccccc1-c1cnc(Nc2ccc(-c3cnco3)c(Br)c2)o1. The monoisotopic (exact) mass is 510 g/mol. The molecule has 2 aromatic carbocycles. The smallest absolute Gasteiger partial charge is 0.303 e. The minimum absolute atomic E-state index is 0.285. The summed E-state index contributed by atoms with van der Waals surface area (Å²) in [5.74, 6) is 0.233. The van der Waals surface area contributed by atoms with Gasteiger partial charge in [0.15, 0.2) is 24.5 Å². The molecule has 0 aliphatic carbocycles. The Labute approximate surface area is 197 Å². The fourth-order valence-corrected chi connectivity index (χ4v) is 3.66. The van der Waals surface area contributed by atoms with Gasteiger partial charge in [-0.25, -0.2) is 9.97 Å². The molecule has 0 bridgehead atoms. The summed E-state index contributed by atoms with van der Waals surface area (Å²) < 4.78 is 16.9. The second kappa shape index (κ2) is 9.70. The number of hydrogen-bond donors (Lipinski definition) is 1. The van der Waals surface area contributed by atoms with Gasteiger partial charge in [-0.3, -0.25) is 9.59 Å². The van der Waals surface area contributed by atoms with Crippen LogP contribution in [0.3, 0.4) is 0 Å². The van der Waals surface area contributed by atoms with Gasteiger partial charge in [0.1, 0.15) is 0 Å². The van der Waals surface area contributed by atoms with E-state index in [-0.39, 0.29) is 18.5 Å². The van der Waals surface area contributed by atoms with Crippen molar-refractivity contribution < 1.29 is 23.2 Å². The molecular weight excluding hydrogens is 492 g/mol. The first kappa shape index (κ1) is 22.3. The van der Waals surface area contributed by atoms with E-state index in [2.05, 4.69) is 31.2 Å². The summed E-state index contributed by atoms with van der Waals surface area (Å²) >= 11 is 3.54. The number of oxazole rings is 2. The normalized spacial score (nSPS) is 10.6. The number of anilines is 3. The molecule has 33 heavy (non-hydrogen) atoms. The van der Waals surface area contributed by atoms with Crippen molar-refractivity contribution in [3.8, 4) is 22.6 Å². The molecule has 0 aliphatic heterocycles. The zero-order valence-electron chi connectivity index (χ0n) is 17.7. The van der Waals surface area contributed by atoms with Gasteiger partial charge in [0, 0.05) is 35.3 Å². The third kappa shape index (κ3) is 5.12. The van der Waals surface area contributed by atoms with E-state index in [1.165, 1.54) is 18.2 Å². The number of benzene rings is 2. The van der Waals surface area contributed by atoms with Crippen molar-refractivity contribution in [2.75, 3.05) is 23.9 Å². The Morgan fingerprint density at radius 1 is 1.12 bits per heavy atom. The number of aromatic nitrogens is 2. The van der Waals surface area contributed by atoms with E-state index >= 15 is 0 Å². The number of nitrogens with zero attached hydrogens (tertiary/aromatic N) is 3. The highest BCUT2D eigenvalue weighted by Gasteiger charge is 2.19. The molecule has 0 aliphatic rings. The molecule has 4 rings (SSSR count). The zero-order valence-corrected chi connectivity index (χ0v) is 19.3. The van der Waals surface area contributed by atoms with Crippen LogP contribution in [0.15, 0.2) is 74.6 Å². The number of esters is 1. The number of ether oxygens (including phenoxy) is 1. The third-order valence-electron chi connectivity index (χ3n) is 4.73. The number of carbonyl (C=O) groups is 2. The topological polar surface area (TPSA) is 111 Å². The van der Waals surface area contributed by atoms with Crippen LogP contribution in [0.2, 0.25) is 0 Å². The van der Waals surface area contributed by atoms with Gasteiger partial charge in [-0.2, -0.15) is 0 Å². The maximum absolute atomic E-state index is 12.4. The van der Waals surface area contributed by atoms with Crippen molar-refractivity contribution in [2.24, 2.45) is 0 Å². The van der Waals surface area contributed by atoms with Gasteiger partial charge < -0.3 is 23.8 Å². The van der Waals surface area contributed by atoms with Crippen LogP contribution in [0, 0.1) is 0 Å². The molecule has 2 aromatic heterocycles. The molecule has 4 aromatic rings. The van der Waals surface area contributed by atoms with Crippen LogP contribution in [-0.4, -0.2) is 35.5 Å². The molecule has 2 heterocycles. The van der Waals surface area contributed by atoms with Crippen molar-refractivity contribution in [3.05, 3.63) is 65.7 Å². The summed E-state index contributed by atoms with van der Waals surface area (Å²) in [7, 11) is 1.60. The maximum atomic E-state index is 12.4. The van der Waals surface area contributed by atoms with Gasteiger partial charge in [-0.05, 0) is 46.3 Å². The van der Waals surface area contributed by atoms with Crippen LogP contribution in [0.25, 0.3) is 22.6 Å². The number of nitrogens with one attached hydrogen (secondary N) is 1. The number of halogens is 1. The predicted molar refractivity (Wildman–Crippen MR) is 125 cm³/mol. The lowest BCUT2D eigenvalue weighted by molar-refractivity contribution is -0.145. The summed E-state index contributed by atoms with van der Waals surface area (Å²) in [5.41, 5.74) is 2.87. The molecule has 0 fully saturated rings. The molecule has 9 nitrogen and oxygen atoms in total. The molecule has 1 amide bonds. The van der Waals surface area contributed by atoms with E-state index in [0.29, 0.717) is 22.8 Å². The summed E-state index contributed by atoms with van der Waals surface area (Å²) in [6, 6.07) is 13.1. The Morgan fingerprint density at radius 2 is 1.94 bits per heavy atom. The first-order valence-electron chi connectivity index (χ1n) is 9.83. The van der Waals surface area contributed by atoms with Crippen LogP contribution in [-0.2, 0) is 14.3 Å². The average Bonchev–Trinajstić information content (AvgIpc) is 3.49. The van der Waals surface area contributed by atoms with Crippen molar-refractivity contribution >= 4 is 45.2 Å². The molecule has 0 unspecified atom stereocenters. The third-order valence-corrected chi connectivity index (χ3v) is 5.38. The van der Waals surface area contributed by atoms with E-state index in [9.17, 15) is 9.59 Å². The number of amides is 1. The Kier molecular flexibility index (Phi) is 6.55. The van der Waals surface area contributed by atoms with E-state index in [1.54, 1.807) is 31.6 Å². The molecule has 0 saturated carbocycles. The average molecular weight is 511 g/mol. The number of likely N-dealkylation sites (N-methyl/N-ethyl adjacent to an activating group) is 1. The Hall–Kier alpha value is -3.92. The molecule has 0 radical (unpaired) electrons. The van der Waals surface area contributed by atoms with Crippen LogP contribution < -0.4 is 10.2 Å². The van der Waals surface area contributed by atoms with Gasteiger partial charge in [0.25, 0.3) is 11.9 Å². The lowest BCUT2D eigenvalue weighted by Crippen LogP contribution is -2.31. The van der Waals surface area contributed by atoms with Crippen molar-refractivity contribution in [3.63, 3.8) is 0 Å². The van der Waals surface area contributed by atoms with Gasteiger partial charge >= 0.3 is 5.97 Å². The standard InChI is InChI=1S/C23H19BrN4O5/c1-14(29)31-12-22(30)28(2)19-6-4-3-5-17(19)21-11-26-23(33-21)27-15-7-8-16(18(24)9-15)20-10-25-13-32-20/h3-11,13H,12H2,1-2H3,(H,26,27). The number of hydrogen-bond acceptors (Lipinski definition) is 8. The molecule has 0 saturated heterocycles.